The van der Waals surface area contributed by atoms with Gasteiger partial charge in [-0.2, -0.15) is 0 Å². The van der Waals surface area contributed by atoms with Crippen LogP contribution in [0.3, 0.4) is 0 Å². The van der Waals surface area contributed by atoms with Gasteiger partial charge in [-0.25, -0.2) is 9.78 Å². The van der Waals surface area contributed by atoms with E-state index in [1.165, 1.54) is 26.0 Å². The molecule has 2 N–H and O–H groups in total. The first-order chi connectivity index (χ1) is 15.0. The Labute approximate surface area is 182 Å². The fourth-order valence-electron chi connectivity index (χ4n) is 2.79. The van der Waals surface area contributed by atoms with Crippen molar-refractivity contribution >= 4 is 45.3 Å². The van der Waals surface area contributed by atoms with Crippen molar-refractivity contribution in [2.45, 2.75) is 17.4 Å². The van der Waals surface area contributed by atoms with E-state index in [2.05, 4.69) is 29.9 Å². The minimum Gasteiger partial charge on any atom is -0.469 e. The lowest BCUT2D eigenvalue weighted by molar-refractivity contribution is -0.139. The fraction of sp³-hybridized carbons (Fsp3) is 0.222. The third-order valence-corrected chi connectivity index (χ3v) is 6.13. The van der Waals surface area contributed by atoms with Gasteiger partial charge in [0, 0.05) is 11.8 Å². The van der Waals surface area contributed by atoms with Gasteiger partial charge in [0.15, 0.2) is 0 Å². The summed E-state index contributed by atoms with van der Waals surface area (Å²) in [6.45, 7) is 0. The van der Waals surface area contributed by atoms with E-state index in [1.807, 2.05) is 6.07 Å². The molecule has 0 aliphatic heterocycles. The quantitative estimate of drug-likeness (QED) is 0.309. The molecular formula is C18H15N5O6S2. The monoisotopic (exact) mass is 461 g/mol. The van der Waals surface area contributed by atoms with Crippen LogP contribution >= 0.6 is 23.1 Å². The largest absolute Gasteiger partial charge is 0.469 e. The number of H-pyrrole nitrogens is 2. The molecule has 13 heteroatoms. The lowest BCUT2D eigenvalue weighted by Crippen LogP contribution is -2.15. The normalized spacial score (nSPS) is 11.0. The molecule has 4 heterocycles. The number of carbonyl (C=O) groups is 2. The molecule has 31 heavy (non-hydrogen) atoms. The zero-order valence-electron chi connectivity index (χ0n) is 16.3. The van der Waals surface area contributed by atoms with Crippen LogP contribution in [0.5, 0.6) is 0 Å². The number of rotatable bonds is 7. The molecule has 0 aliphatic rings. The molecule has 160 valence electrons. The summed E-state index contributed by atoms with van der Waals surface area (Å²) in [6.07, 6.45) is 1.50. The van der Waals surface area contributed by atoms with Crippen LogP contribution < -0.4 is 5.56 Å². The number of ether oxygens (including phenoxy) is 2. The lowest BCUT2D eigenvalue weighted by Gasteiger charge is -2.02. The number of hydrogen-bond acceptors (Lipinski definition) is 11. The smallest absolute Gasteiger partial charge is 0.348 e. The summed E-state index contributed by atoms with van der Waals surface area (Å²) >= 11 is 2.18. The second-order valence-electron chi connectivity index (χ2n) is 6.09. The van der Waals surface area contributed by atoms with Gasteiger partial charge in [0.05, 0.1) is 31.8 Å². The number of thioether (sulfide) groups is 1. The van der Waals surface area contributed by atoms with Gasteiger partial charge < -0.3 is 23.9 Å². The average molecular weight is 461 g/mol. The number of fused-ring (bicyclic) bond motifs is 1. The van der Waals surface area contributed by atoms with Gasteiger partial charge in [0.2, 0.25) is 0 Å². The number of thiophene rings is 1. The molecular weight excluding hydrogens is 446 g/mol. The highest BCUT2D eigenvalue weighted by molar-refractivity contribution is 7.98. The van der Waals surface area contributed by atoms with Crippen LogP contribution in [0.25, 0.3) is 21.8 Å². The Balaban J connectivity index is 1.62. The van der Waals surface area contributed by atoms with Crippen LogP contribution in [0, 0.1) is 0 Å². The van der Waals surface area contributed by atoms with Crippen LogP contribution in [0.2, 0.25) is 0 Å². The van der Waals surface area contributed by atoms with Crippen molar-refractivity contribution in [2.24, 2.45) is 0 Å². The van der Waals surface area contributed by atoms with E-state index in [9.17, 15) is 14.4 Å². The zero-order chi connectivity index (χ0) is 22.0. The molecule has 0 saturated heterocycles. The van der Waals surface area contributed by atoms with Crippen LogP contribution in [-0.4, -0.2) is 51.3 Å². The summed E-state index contributed by atoms with van der Waals surface area (Å²) in [7, 11) is 2.45. The van der Waals surface area contributed by atoms with Gasteiger partial charge in [-0.1, -0.05) is 11.8 Å². The van der Waals surface area contributed by atoms with Crippen molar-refractivity contribution in [3.63, 3.8) is 0 Å². The fourth-order valence-corrected chi connectivity index (χ4v) is 4.55. The zero-order valence-corrected chi connectivity index (χ0v) is 17.9. The number of aromatic nitrogens is 5. The van der Waals surface area contributed by atoms with Crippen LogP contribution in [0.4, 0.5) is 0 Å². The standard InChI is InChI=1S/C18H15N5O6S2/c1-27-11(24)6-8-12-14(25)20-10(21-16(12)31-13(8)17(26)28-2)7-30-18-23-22-15(29-18)9-4-3-5-19-9/h3-5,19H,6-7H2,1-2H3,(H,20,21,25). The van der Waals surface area contributed by atoms with E-state index in [0.717, 1.165) is 11.3 Å². The Morgan fingerprint density at radius 3 is 2.81 bits per heavy atom. The van der Waals surface area contributed by atoms with Gasteiger partial charge in [-0.3, -0.25) is 9.59 Å². The minimum absolute atomic E-state index is 0.137. The number of methoxy groups -OCH3 is 2. The molecule has 0 fully saturated rings. The number of carbonyl (C=O) groups excluding carboxylic acids is 2. The topological polar surface area (TPSA) is 153 Å². The predicted molar refractivity (Wildman–Crippen MR) is 111 cm³/mol. The molecule has 0 spiro atoms. The van der Waals surface area contributed by atoms with E-state index >= 15 is 0 Å². The first kappa shape index (κ1) is 20.8. The van der Waals surface area contributed by atoms with Crippen molar-refractivity contribution in [1.29, 1.82) is 0 Å². The van der Waals surface area contributed by atoms with Crippen LogP contribution in [-0.2, 0) is 26.4 Å². The van der Waals surface area contributed by atoms with Gasteiger partial charge in [0.25, 0.3) is 16.7 Å². The molecule has 4 aromatic rings. The number of nitrogens with one attached hydrogen (secondary N) is 2. The molecule has 0 aliphatic carbocycles. The third kappa shape index (κ3) is 4.22. The van der Waals surface area contributed by atoms with Crippen molar-refractivity contribution < 1.29 is 23.5 Å². The van der Waals surface area contributed by atoms with E-state index in [1.54, 1.807) is 12.3 Å². The van der Waals surface area contributed by atoms with Gasteiger partial charge in [0.1, 0.15) is 21.2 Å². The van der Waals surface area contributed by atoms with Crippen molar-refractivity contribution in [3.8, 4) is 11.6 Å². The van der Waals surface area contributed by atoms with Crippen molar-refractivity contribution in [2.75, 3.05) is 14.2 Å². The Hall–Kier alpha value is -3.45. The highest BCUT2D eigenvalue weighted by Gasteiger charge is 2.25. The SMILES string of the molecule is COC(=O)Cc1c(C(=O)OC)sc2nc(CSc3nnc(-c4ccc[nH]4)o3)[nH]c(=O)c12. The summed E-state index contributed by atoms with van der Waals surface area (Å²) in [5.41, 5.74) is 0.460. The van der Waals surface area contributed by atoms with Gasteiger partial charge in [-0.15, -0.1) is 21.5 Å². The Bertz CT molecular complexity index is 1310. The molecule has 0 saturated carbocycles. The number of aromatic amines is 2. The predicted octanol–water partition coefficient (Wildman–Crippen LogP) is 2.16. The molecule has 0 aromatic carbocycles. The molecule has 0 bridgehead atoms. The minimum atomic E-state index is -0.653. The maximum absolute atomic E-state index is 12.7. The average Bonchev–Trinajstić information content (AvgIpc) is 3.51. The number of esters is 2. The van der Waals surface area contributed by atoms with Gasteiger partial charge >= 0.3 is 11.9 Å². The summed E-state index contributed by atoms with van der Waals surface area (Å²) in [5.74, 6) is -0.296. The van der Waals surface area contributed by atoms with E-state index in [-0.39, 0.29) is 28.0 Å². The Kier molecular flexibility index (Phi) is 5.86. The summed E-state index contributed by atoms with van der Waals surface area (Å²) in [6, 6.07) is 3.62. The molecule has 0 unspecified atom stereocenters. The van der Waals surface area contributed by atoms with E-state index in [4.69, 9.17) is 9.15 Å². The second-order valence-corrected chi connectivity index (χ2v) is 8.02. The number of nitrogens with zero attached hydrogens (tertiary/aromatic N) is 3. The molecule has 0 amide bonds. The molecule has 11 nitrogen and oxygen atoms in total. The molecule has 0 radical (unpaired) electrons. The van der Waals surface area contributed by atoms with E-state index in [0.29, 0.717) is 27.5 Å². The first-order valence-corrected chi connectivity index (χ1v) is 10.6. The highest BCUT2D eigenvalue weighted by Crippen LogP contribution is 2.30. The number of hydrogen-bond donors (Lipinski definition) is 2. The summed E-state index contributed by atoms with van der Waals surface area (Å²) in [5, 5.41) is 8.40. The Morgan fingerprint density at radius 1 is 1.26 bits per heavy atom. The summed E-state index contributed by atoms with van der Waals surface area (Å²) in [4.78, 5) is 47.2. The molecule has 4 rings (SSSR count). The van der Waals surface area contributed by atoms with E-state index < -0.39 is 17.5 Å². The molecule has 4 aromatic heterocycles. The highest BCUT2D eigenvalue weighted by atomic mass is 32.2. The van der Waals surface area contributed by atoms with Crippen molar-refractivity contribution in [3.05, 3.63) is 44.9 Å². The van der Waals surface area contributed by atoms with Crippen LogP contribution in [0.1, 0.15) is 21.1 Å². The van der Waals surface area contributed by atoms with Crippen LogP contribution in [0.15, 0.2) is 32.8 Å². The summed E-state index contributed by atoms with van der Waals surface area (Å²) < 4.78 is 15.0. The van der Waals surface area contributed by atoms with Gasteiger partial charge in [-0.05, 0) is 12.1 Å². The van der Waals surface area contributed by atoms with Crippen molar-refractivity contribution in [1.82, 2.24) is 25.1 Å². The maximum Gasteiger partial charge on any atom is 0.348 e. The second kappa shape index (κ2) is 8.73. The Morgan fingerprint density at radius 2 is 2.10 bits per heavy atom. The first-order valence-electron chi connectivity index (χ1n) is 8.80. The maximum atomic E-state index is 12.7. The third-order valence-electron chi connectivity index (χ3n) is 4.20. The molecule has 0 atom stereocenters. The lowest BCUT2D eigenvalue weighted by atomic mass is 10.1.